The lowest BCUT2D eigenvalue weighted by molar-refractivity contribution is -0.117. The summed E-state index contributed by atoms with van der Waals surface area (Å²) < 4.78 is 15.4. The van der Waals surface area contributed by atoms with E-state index in [1.54, 1.807) is 17.7 Å². The van der Waals surface area contributed by atoms with Crippen molar-refractivity contribution in [3.05, 3.63) is 41.5 Å². The molecule has 1 aliphatic heterocycles. The van der Waals surface area contributed by atoms with Crippen LogP contribution in [0.5, 0.6) is 0 Å². The standard InChI is InChI=1S/C17H19FN6O2S2/c1-24-13(6-7-19-15(26)11-4-2-3-5-12(11)18)22-23-17(24)28-10-14(25)21-16-20-8-9-27-16/h2-5H,6-10H2,1H3,(H,19,26)(H,20,21,25). The number of nitrogens with zero attached hydrogens (tertiary/aromatic N) is 4. The minimum Gasteiger partial charge on any atom is -0.351 e. The van der Waals surface area contributed by atoms with Crippen molar-refractivity contribution in [2.24, 2.45) is 12.0 Å². The van der Waals surface area contributed by atoms with Crippen molar-refractivity contribution < 1.29 is 14.0 Å². The van der Waals surface area contributed by atoms with Gasteiger partial charge in [0.25, 0.3) is 5.91 Å². The minimum absolute atomic E-state index is 0.00718. The predicted octanol–water partition coefficient (Wildman–Crippen LogP) is 1.24. The maximum absolute atomic E-state index is 13.6. The Bertz CT molecular complexity index is 902. The lowest BCUT2D eigenvalue weighted by Gasteiger charge is -2.07. The van der Waals surface area contributed by atoms with Crippen molar-refractivity contribution in [1.29, 1.82) is 0 Å². The van der Waals surface area contributed by atoms with Gasteiger partial charge in [0.05, 0.1) is 17.9 Å². The molecule has 2 amide bonds. The monoisotopic (exact) mass is 422 g/mol. The number of benzene rings is 1. The van der Waals surface area contributed by atoms with Gasteiger partial charge < -0.3 is 15.2 Å². The molecule has 0 saturated heterocycles. The second kappa shape index (κ2) is 9.69. The smallest absolute Gasteiger partial charge is 0.254 e. The number of carbonyl (C=O) groups excluding carboxylic acids is 2. The van der Waals surface area contributed by atoms with Gasteiger partial charge in [-0.15, -0.1) is 10.2 Å². The van der Waals surface area contributed by atoms with Crippen molar-refractivity contribution in [3.63, 3.8) is 0 Å². The Labute approximate surface area is 169 Å². The fraction of sp³-hybridized carbons (Fsp3) is 0.353. The second-order valence-corrected chi connectivity index (χ2v) is 7.84. The average Bonchev–Trinajstić information content (AvgIpc) is 3.31. The first-order chi connectivity index (χ1) is 13.5. The van der Waals surface area contributed by atoms with Crippen LogP contribution in [-0.4, -0.2) is 56.3 Å². The number of amides is 2. The van der Waals surface area contributed by atoms with Gasteiger partial charge in [-0.1, -0.05) is 35.7 Å². The molecule has 0 spiro atoms. The van der Waals surface area contributed by atoms with Gasteiger partial charge in [0, 0.05) is 25.8 Å². The topological polar surface area (TPSA) is 101 Å². The molecule has 0 bridgehead atoms. The zero-order valence-electron chi connectivity index (χ0n) is 15.1. The highest BCUT2D eigenvalue weighted by Gasteiger charge is 2.15. The number of nitrogens with one attached hydrogen (secondary N) is 2. The summed E-state index contributed by atoms with van der Waals surface area (Å²) in [6.45, 7) is 1.02. The Morgan fingerprint density at radius 3 is 2.89 bits per heavy atom. The first-order valence-electron chi connectivity index (χ1n) is 8.55. The molecule has 11 heteroatoms. The third-order valence-electron chi connectivity index (χ3n) is 3.84. The summed E-state index contributed by atoms with van der Waals surface area (Å²) in [7, 11) is 1.80. The number of hydrogen-bond donors (Lipinski definition) is 2. The molecule has 0 atom stereocenters. The van der Waals surface area contributed by atoms with Crippen LogP contribution in [0.4, 0.5) is 4.39 Å². The number of aromatic nitrogens is 3. The molecule has 0 aliphatic carbocycles. The molecule has 0 saturated carbocycles. The molecule has 148 valence electrons. The molecule has 1 aromatic heterocycles. The molecular formula is C17H19FN6O2S2. The van der Waals surface area contributed by atoms with Crippen LogP contribution in [0.3, 0.4) is 0 Å². The largest absolute Gasteiger partial charge is 0.351 e. The van der Waals surface area contributed by atoms with Crippen molar-refractivity contribution in [2.45, 2.75) is 11.6 Å². The summed E-state index contributed by atoms with van der Waals surface area (Å²) in [6, 6.07) is 5.82. The number of rotatable bonds is 7. The van der Waals surface area contributed by atoms with Gasteiger partial charge >= 0.3 is 0 Å². The first-order valence-corrected chi connectivity index (χ1v) is 10.5. The molecule has 2 N–H and O–H groups in total. The molecule has 28 heavy (non-hydrogen) atoms. The van der Waals surface area contributed by atoms with Gasteiger partial charge in [-0.05, 0) is 12.1 Å². The summed E-state index contributed by atoms with van der Waals surface area (Å²) in [5, 5.41) is 14.9. The van der Waals surface area contributed by atoms with E-state index in [1.807, 2.05) is 0 Å². The van der Waals surface area contributed by atoms with Gasteiger partial charge in [-0.3, -0.25) is 14.6 Å². The second-order valence-electron chi connectivity index (χ2n) is 5.82. The maximum Gasteiger partial charge on any atom is 0.254 e. The number of amidine groups is 1. The Kier molecular flexibility index (Phi) is 7.04. The van der Waals surface area contributed by atoms with Crippen LogP contribution in [0.15, 0.2) is 34.4 Å². The van der Waals surface area contributed by atoms with Gasteiger partial charge in [0.15, 0.2) is 10.3 Å². The van der Waals surface area contributed by atoms with E-state index in [-0.39, 0.29) is 17.2 Å². The van der Waals surface area contributed by atoms with E-state index in [4.69, 9.17) is 0 Å². The SMILES string of the molecule is Cn1c(CCNC(=O)c2ccccc2F)nnc1SCC(=O)NC1=NCCS1. The molecule has 8 nitrogen and oxygen atoms in total. The summed E-state index contributed by atoms with van der Waals surface area (Å²) in [6.07, 6.45) is 0.434. The lowest BCUT2D eigenvalue weighted by atomic mass is 10.2. The quantitative estimate of drug-likeness (QED) is 0.651. The number of hydrogen-bond acceptors (Lipinski definition) is 7. The molecule has 2 heterocycles. The summed E-state index contributed by atoms with van der Waals surface area (Å²) in [5.41, 5.74) is 0.00718. The minimum atomic E-state index is -0.558. The van der Waals surface area contributed by atoms with Crippen LogP contribution in [0.1, 0.15) is 16.2 Å². The van der Waals surface area contributed by atoms with Crippen molar-refractivity contribution in [3.8, 4) is 0 Å². The van der Waals surface area contributed by atoms with E-state index in [0.29, 0.717) is 29.1 Å². The highest BCUT2D eigenvalue weighted by molar-refractivity contribution is 8.14. The molecule has 0 radical (unpaired) electrons. The average molecular weight is 423 g/mol. The third kappa shape index (κ3) is 5.32. The highest BCUT2D eigenvalue weighted by Crippen LogP contribution is 2.16. The summed E-state index contributed by atoms with van der Waals surface area (Å²) in [4.78, 5) is 28.1. The number of aliphatic imine (C=N–C) groups is 1. The van der Waals surface area contributed by atoms with E-state index in [9.17, 15) is 14.0 Å². The van der Waals surface area contributed by atoms with E-state index in [2.05, 4.69) is 25.8 Å². The number of halogens is 1. The van der Waals surface area contributed by atoms with Crippen LogP contribution in [0.2, 0.25) is 0 Å². The van der Waals surface area contributed by atoms with Gasteiger partial charge in [-0.2, -0.15) is 0 Å². The fourth-order valence-electron chi connectivity index (χ4n) is 2.41. The van der Waals surface area contributed by atoms with E-state index >= 15 is 0 Å². The van der Waals surface area contributed by atoms with Crippen LogP contribution >= 0.6 is 23.5 Å². The highest BCUT2D eigenvalue weighted by atomic mass is 32.2. The van der Waals surface area contributed by atoms with Crippen LogP contribution < -0.4 is 10.6 Å². The van der Waals surface area contributed by atoms with Crippen LogP contribution in [-0.2, 0) is 18.3 Å². The molecular weight excluding hydrogens is 403 g/mol. The van der Waals surface area contributed by atoms with E-state index in [1.165, 1.54) is 41.7 Å². The molecule has 3 rings (SSSR count). The molecule has 0 fully saturated rings. The maximum atomic E-state index is 13.6. The Balaban J connectivity index is 1.46. The van der Waals surface area contributed by atoms with Crippen LogP contribution in [0, 0.1) is 5.82 Å². The summed E-state index contributed by atoms with van der Waals surface area (Å²) >= 11 is 2.80. The van der Waals surface area contributed by atoms with Crippen LogP contribution in [0.25, 0.3) is 0 Å². The van der Waals surface area contributed by atoms with Gasteiger partial charge in [0.1, 0.15) is 11.6 Å². The molecule has 1 aliphatic rings. The Hall–Kier alpha value is -2.40. The van der Waals surface area contributed by atoms with E-state index in [0.717, 1.165) is 12.3 Å². The van der Waals surface area contributed by atoms with Crippen molar-refractivity contribution in [1.82, 2.24) is 25.4 Å². The Morgan fingerprint density at radius 1 is 1.32 bits per heavy atom. The zero-order chi connectivity index (χ0) is 19.9. The normalized spacial score (nSPS) is 13.3. The first kappa shape index (κ1) is 20.3. The van der Waals surface area contributed by atoms with Crippen molar-refractivity contribution in [2.75, 3.05) is 24.6 Å². The zero-order valence-corrected chi connectivity index (χ0v) is 16.8. The van der Waals surface area contributed by atoms with Crippen molar-refractivity contribution >= 4 is 40.5 Å². The molecule has 0 unspecified atom stereocenters. The number of carbonyl (C=O) groups is 2. The number of thioether (sulfide) groups is 2. The van der Waals surface area contributed by atoms with Gasteiger partial charge in [-0.25, -0.2) is 4.39 Å². The third-order valence-corrected chi connectivity index (χ3v) is 5.75. The molecule has 2 aromatic rings. The lowest BCUT2D eigenvalue weighted by Crippen LogP contribution is -2.29. The van der Waals surface area contributed by atoms with E-state index < -0.39 is 11.7 Å². The fourth-order valence-corrected chi connectivity index (χ4v) is 3.89. The summed E-state index contributed by atoms with van der Waals surface area (Å²) in [5.74, 6) is 0.586. The molecule has 1 aromatic carbocycles. The Morgan fingerprint density at radius 2 is 2.14 bits per heavy atom. The van der Waals surface area contributed by atoms with Gasteiger partial charge in [0.2, 0.25) is 5.91 Å². The predicted molar refractivity (Wildman–Crippen MR) is 107 cm³/mol.